The van der Waals surface area contributed by atoms with Gasteiger partial charge in [-0.3, -0.25) is 4.68 Å². The zero-order chi connectivity index (χ0) is 13.1. The van der Waals surface area contributed by atoms with Gasteiger partial charge in [0.25, 0.3) is 0 Å². The quantitative estimate of drug-likeness (QED) is 0.902. The molecule has 1 aromatic heterocycles. The molecule has 0 aliphatic carbocycles. The maximum atomic E-state index is 5.95. The van der Waals surface area contributed by atoms with E-state index in [1.807, 2.05) is 29.2 Å². The number of nitrogens with zero attached hydrogens (tertiary/aromatic N) is 2. The third-order valence-corrected chi connectivity index (χ3v) is 3.34. The van der Waals surface area contributed by atoms with Crippen molar-refractivity contribution in [3.05, 3.63) is 46.2 Å². The summed E-state index contributed by atoms with van der Waals surface area (Å²) in [4.78, 5) is 0. The van der Waals surface area contributed by atoms with Crippen LogP contribution in [0.5, 0.6) is 0 Å². The molecule has 0 aliphatic rings. The van der Waals surface area contributed by atoms with Gasteiger partial charge in [0.05, 0.1) is 16.2 Å². The lowest BCUT2D eigenvalue weighted by atomic mass is 10.3. The Balaban J connectivity index is 2.00. The van der Waals surface area contributed by atoms with Crippen LogP contribution in [-0.2, 0) is 6.54 Å². The van der Waals surface area contributed by atoms with Crippen molar-refractivity contribution in [3.8, 4) is 0 Å². The summed E-state index contributed by atoms with van der Waals surface area (Å²) < 4.78 is 1.94. The molecule has 1 heterocycles. The molecule has 1 aromatic carbocycles. The molecule has 0 amide bonds. The minimum atomic E-state index is 0.378. The molecule has 0 atom stereocenters. The zero-order valence-corrected chi connectivity index (χ0v) is 11.8. The molecule has 0 saturated heterocycles. The van der Waals surface area contributed by atoms with Crippen LogP contribution in [0, 0.1) is 0 Å². The van der Waals surface area contributed by atoms with Crippen molar-refractivity contribution in [1.82, 2.24) is 9.78 Å². The second kappa shape index (κ2) is 5.63. The number of benzene rings is 1. The highest BCUT2D eigenvalue weighted by Crippen LogP contribution is 2.25. The maximum Gasteiger partial charge on any atom is 0.0612 e. The highest BCUT2D eigenvalue weighted by molar-refractivity contribution is 6.42. The largest absolute Gasteiger partial charge is 0.381 e. The summed E-state index contributed by atoms with van der Waals surface area (Å²) in [6, 6.07) is 5.88. The Morgan fingerprint density at radius 2 is 2.06 bits per heavy atom. The normalized spacial score (nSPS) is 10.9. The molecule has 0 bridgehead atoms. The van der Waals surface area contributed by atoms with Crippen LogP contribution in [0.1, 0.15) is 25.5 Å². The van der Waals surface area contributed by atoms with E-state index < -0.39 is 0 Å². The fraction of sp³-hybridized carbons (Fsp3) is 0.308. The first-order valence-electron chi connectivity index (χ1n) is 5.78. The SMILES string of the molecule is CC(C)n1cc(CNc2ccc(Cl)c(Cl)c2)cn1. The molecule has 1 N–H and O–H groups in total. The van der Waals surface area contributed by atoms with E-state index in [0.29, 0.717) is 22.6 Å². The van der Waals surface area contributed by atoms with Crippen molar-refractivity contribution in [2.45, 2.75) is 26.4 Å². The van der Waals surface area contributed by atoms with Gasteiger partial charge in [-0.1, -0.05) is 23.2 Å². The van der Waals surface area contributed by atoms with Gasteiger partial charge >= 0.3 is 0 Å². The van der Waals surface area contributed by atoms with Gasteiger partial charge in [-0.2, -0.15) is 5.10 Å². The van der Waals surface area contributed by atoms with Crippen LogP contribution in [-0.4, -0.2) is 9.78 Å². The number of anilines is 1. The summed E-state index contributed by atoms with van der Waals surface area (Å²) >= 11 is 11.8. The van der Waals surface area contributed by atoms with Crippen molar-refractivity contribution in [2.75, 3.05) is 5.32 Å². The number of halogens is 2. The summed E-state index contributed by atoms with van der Waals surface area (Å²) in [6.07, 6.45) is 3.90. The molecule has 0 aliphatic heterocycles. The molecular formula is C13H15Cl2N3. The Bertz CT molecular complexity index is 535. The van der Waals surface area contributed by atoms with Gasteiger partial charge in [-0.15, -0.1) is 0 Å². The maximum absolute atomic E-state index is 5.95. The lowest BCUT2D eigenvalue weighted by Gasteiger charge is -2.06. The van der Waals surface area contributed by atoms with E-state index in [4.69, 9.17) is 23.2 Å². The van der Waals surface area contributed by atoms with Crippen LogP contribution in [0.15, 0.2) is 30.6 Å². The van der Waals surface area contributed by atoms with Crippen molar-refractivity contribution >= 4 is 28.9 Å². The van der Waals surface area contributed by atoms with Crippen LogP contribution in [0.25, 0.3) is 0 Å². The molecule has 0 radical (unpaired) electrons. The van der Waals surface area contributed by atoms with Crippen molar-refractivity contribution in [2.24, 2.45) is 0 Å². The molecule has 0 saturated carbocycles. The van der Waals surface area contributed by atoms with Crippen LogP contribution in [0.2, 0.25) is 10.0 Å². The zero-order valence-electron chi connectivity index (χ0n) is 10.3. The topological polar surface area (TPSA) is 29.9 Å². The van der Waals surface area contributed by atoms with Gasteiger partial charge in [0, 0.05) is 30.0 Å². The monoisotopic (exact) mass is 283 g/mol. The Kier molecular flexibility index (Phi) is 4.15. The molecule has 96 valence electrons. The molecule has 0 fully saturated rings. The summed E-state index contributed by atoms with van der Waals surface area (Å²) in [6.45, 7) is 4.91. The third-order valence-electron chi connectivity index (χ3n) is 2.60. The first-order valence-corrected chi connectivity index (χ1v) is 6.54. The molecule has 18 heavy (non-hydrogen) atoms. The summed E-state index contributed by atoms with van der Waals surface area (Å²) in [5.74, 6) is 0. The highest BCUT2D eigenvalue weighted by Gasteiger charge is 2.03. The molecule has 0 spiro atoms. The average molecular weight is 284 g/mol. The summed E-state index contributed by atoms with van der Waals surface area (Å²) in [5.41, 5.74) is 2.08. The van der Waals surface area contributed by atoms with E-state index in [1.165, 1.54) is 0 Å². The fourth-order valence-corrected chi connectivity index (χ4v) is 1.86. The van der Waals surface area contributed by atoms with Gasteiger partial charge in [-0.25, -0.2) is 0 Å². The molecule has 2 aromatic rings. The molecule has 5 heteroatoms. The van der Waals surface area contributed by atoms with Crippen molar-refractivity contribution in [1.29, 1.82) is 0 Å². The van der Waals surface area contributed by atoms with Crippen molar-refractivity contribution in [3.63, 3.8) is 0 Å². The van der Waals surface area contributed by atoms with E-state index in [2.05, 4.69) is 24.3 Å². The minimum absolute atomic E-state index is 0.378. The Hall–Kier alpha value is -1.19. The predicted octanol–water partition coefficient (Wildman–Crippen LogP) is 4.38. The Morgan fingerprint density at radius 1 is 1.28 bits per heavy atom. The van der Waals surface area contributed by atoms with Gasteiger partial charge in [-0.05, 0) is 32.0 Å². The van der Waals surface area contributed by atoms with Crippen LogP contribution in [0.3, 0.4) is 0 Å². The van der Waals surface area contributed by atoms with E-state index >= 15 is 0 Å². The van der Waals surface area contributed by atoms with E-state index in [1.54, 1.807) is 6.07 Å². The Labute approximate surface area is 117 Å². The molecule has 3 nitrogen and oxygen atoms in total. The summed E-state index contributed by atoms with van der Waals surface area (Å²) in [7, 11) is 0. The molecule has 2 rings (SSSR count). The lowest BCUT2D eigenvalue weighted by Crippen LogP contribution is -2.01. The van der Waals surface area contributed by atoms with E-state index in [-0.39, 0.29) is 0 Å². The second-order valence-electron chi connectivity index (χ2n) is 4.40. The van der Waals surface area contributed by atoms with Crippen LogP contribution in [0.4, 0.5) is 5.69 Å². The first kappa shape index (κ1) is 13.2. The van der Waals surface area contributed by atoms with Gasteiger partial charge in [0.15, 0.2) is 0 Å². The number of rotatable bonds is 4. The van der Waals surface area contributed by atoms with Crippen LogP contribution < -0.4 is 5.32 Å². The van der Waals surface area contributed by atoms with Gasteiger partial charge in [0.1, 0.15) is 0 Å². The predicted molar refractivity (Wildman–Crippen MR) is 76.4 cm³/mol. The number of nitrogens with one attached hydrogen (secondary N) is 1. The minimum Gasteiger partial charge on any atom is -0.381 e. The smallest absolute Gasteiger partial charge is 0.0612 e. The van der Waals surface area contributed by atoms with E-state index in [0.717, 1.165) is 11.3 Å². The van der Waals surface area contributed by atoms with Crippen molar-refractivity contribution < 1.29 is 0 Å². The fourth-order valence-electron chi connectivity index (χ4n) is 1.56. The molecule has 0 unspecified atom stereocenters. The van der Waals surface area contributed by atoms with Crippen LogP contribution >= 0.6 is 23.2 Å². The first-order chi connectivity index (χ1) is 8.56. The lowest BCUT2D eigenvalue weighted by molar-refractivity contribution is 0.532. The number of hydrogen-bond acceptors (Lipinski definition) is 2. The second-order valence-corrected chi connectivity index (χ2v) is 5.22. The Morgan fingerprint density at radius 3 is 2.67 bits per heavy atom. The third kappa shape index (κ3) is 3.18. The average Bonchev–Trinajstić information content (AvgIpc) is 2.79. The number of aromatic nitrogens is 2. The summed E-state index contributed by atoms with van der Waals surface area (Å²) in [5, 5.41) is 8.69. The highest BCUT2D eigenvalue weighted by atomic mass is 35.5. The van der Waals surface area contributed by atoms with Gasteiger partial charge in [0.2, 0.25) is 0 Å². The number of hydrogen-bond donors (Lipinski definition) is 1. The van der Waals surface area contributed by atoms with E-state index in [9.17, 15) is 0 Å². The molecular weight excluding hydrogens is 269 g/mol. The standard InChI is InChI=1S/C13H15Cl2N3/c1-9(2)18-8-10(7-17-18)6-16-11-3-4-12(14)13(15)5-11/h3-5,7-9,16H,6H2,1-2H3. The van der Waals surface area contributed by atoms with Gasteiger partial charge < -0.3 is 5.32 Å².